The summed E-state index contributed by atoms with van der Waals surface area (Å²) < 4.78 is 4.89. The number of ether oxygens (including phenoxy) is 1. The molecule has 20 heavy (non-hydrogen) atoms. The Morgan fingerprint density at radius 1 is 0.850 bits per heavy atom. The van der Waals surface area contributed by atoms with Crippen molar-refractivity contribution in [3.8, 4) is 0 Å². The van der Waals surface area contributed by atoms with Crippen molar-refractivity contribution in [3.05, 3.63) is 24.3 Å². The van der Waals surface area contributed by atoms with Crippen LogP contribution in [-0.2, 0) is 9.53 Å². The molecular formula is C18H32O2. The van der Waals surface area contributed by atoms with Crippen LogP contribution in [0.25, 0.3) is 0 Å². The predicted octanol–water partition coefficient (Wildman–Crippen LogP) is 5.58. The summed E-state index contributed by atoms with van der Waals surface area (Å²) >= 11 is 0. The maximum atomic E-state index is 10.5. The van der Waals surface area contributed by atoms with Crippen LogP contribution in [0.3, 0.4) is 0 Å². The summed E-state index contributed by atoms with van der Waals surface area (Å²) in [7, 11) is 0. The first-order valence-corrected chi connectivity index (χ1v) is 8.22. The lowest BCUT2D eigenvalue weighted by Gasteiger charge is -2.01. The van der Waals surface area contributed by atoms with Crippen LogP contribution in [0.1, 0.15) is 78.1 Å². The van der Waals surface area contributed by atoms with E-state index in [1.165, 1.54) is 58.3 Å². The van der Waals surface area contributed by atoms with E-state index in [-0.39, 0.29) is 5.97 Å². The summed E-state index contributed by atoms with van der Waals surface area (Å²) in [6, 6.07) is 0. The monoisotopic (exact) mass is 280 g/mol. The summed E-state index contributed by atoms with van der Waals surface area (Å²) in [6.07, 6.45) is 21.1. The van der Waals surface area contributed by atoms with E-state index in [1.807, 2.05) is 0 Å². The quantitative estimate of drug-likeness (QED) is 0.250. The molecule has 116 valence electrons. The molecule has 0 rings (SSSR count). The van der Waals surface area contributed by atoms with Gasteiger partial charge in [0.15, 0.2) is 0 Å². The average Bonchev–Trinajstić information content (AvgIpc) is 2.43. The lowest BCUT2D eigenvalue weighted by atomic mass is 10.1. The van der Waals surface area contributed by atoms with Gasteiger partial charge in [-0.25, -0.2) is 0 Å². The van der Waals surface area contributed by atoms with E-state index in [1.54, 1.807) is 0 Å². The van der Waals surface area contributed by atoms with Crippen LogP contribution in [0.15, 0.2) is 24.3 Å². The van der Waals surface area contributed by atoms with E-state index >= 15 is 0 Å². The van der Waals surface area contributed by atoms with Gasteiger partial charge in [-0.3, -0.25) is 4.79 Å². The number of hydrogen-bond donors (Lipinski definition) is 0. The third-order valence-corrected chi connectivity index (χ3v) is 3.18. The van der Waals surface area contributed by atoms with E-state index in [2.05, 4.69) is 31.2 Å². The molecule has 0 atom stereocenters. The molecule has 0 fully saturated rings. The van der Waals surface area contributed by atoms with E-state index in [0.29, 0.717) is 6.61 Å². The Morgan fingerprint density at radius 3 is 2.00 bits per heavy atom. The van der Waals surface area contributed by atoms with Gasteiger partial charge in [0, 0.05) is 6.92 Å². The van der Waals surface area contributed by atoms with Crippen LogP contribution >= 0.6 is 0 Å². The van der Waals surface area contributed by atoms with Crippen molar-refractivity contribution in [2.75, 3.05) is 6.61 Å². The van der Waals surface area contributed by atoms with Crippen molar-refractivity contribution < 1.29 is 9.53 Å². The highest BCUT2D eigenvalue weighted by Crippen LogP contribution is 2.06. The molecule has 2 nitrogen and oxygen atoms in total. The summed E-state index contributed by atoms with van der Waals surface area (Å²) in [5.41, 5.74) is 0. The first kappa shape index (κ1) is 18.9. The molecule has 0 spiro atoms. The van der Waals surface area contributed by atoms with Crippen molar-refractivity contribution in [2.45, 2.75) is 78.1 Å². The van der Waals surface area contributed by atoms with E-state index in [4.69, 9.17) is 4.74 Å². The lowest BCUT2D eigenvalue weighted by Crippen LogP contribution is -1.99. The zero-order chi connectivity index (χ0) is 14.9. The zero-order valence-electron chi connectivity index (χ0n) is 13.4. The second-order valence-electron chi connectivity index (χ2n) is 5.25. The maximum absolute atomic E-state index is 10.5. The summed E-state index contributed by atoms with van der Waals surface area (Å²) in [4.78, 5) is 10.5. The van der Waals surface area contributed by atoms with Gasteiger partial charge in [0.25, 0.3) is 0 Å². The van der Waals surface area contributed by atoms with Crippen LogP contribution in [-0.4, -0.2) is 12.6 Å². The molecule has 0 aliphatic rings. The fourth-order valence-corrected chi connectivity index (χ4v) is 1.97. The number of hydrogen-bond acceptors (Lipinski definition) is 2. The van der Waals surface area contributed by atoms with Gasteiger partial charge in [0.05, 0.1) is 6.61 Å². The van der Waals surface area contributed by atoms with Crippen LogP contribution in [0.4, 0.5) is 0 Å². The van der Waals surface area contributed by atoms with Gasteiger partial charge in [0.1, 0.15) is 0 Å². The van der Waals surface area contributed by atoms with Crippen LogP contribution in [0, 0.1) is 0 Å². The predicted molar refractivity (Wildman–Crippen MR) is 86.8 cm³/mol. The van der Waals surface area contributed by atoms with Crippen molar-refractivity contribution >= 4 is 5.97 Å². The van der Waals surface area contributed by atoms with Crippen LogP contribution in [0.2, 0.25) is 0 Å². The van der Waals surface area contributed by atoms with Gasteiger partial charge in [0.2, 0.25) is 0 Å². The topological polar surface area (TPSA) is 26.3 Å². The molecule has 0 unspecified atom stereocenters. The highest BCUT2D eigenvalue weighted by molar-refractivity contribution is 5.65. The molecule has 0 heterocycles. The number of rotatable bonds is 13. The largest absolute Gasteiger partial charge is 0.466 e. The fraction of sp³-hybridized carbons (Fsp3) is 0.722. The minimum Gasteiger partial charge on any atom is -0.466 e. The third kappa shape index (κ3) is 16.9. The van der Waals surface area contributed by atoms with E-state index < -0.39 is 0 Å². The highest BCUT2D eigenvalue weighted by Gasteiger charge is 1.93. The maximum Gasteiger partial charge on any atom is 0.302 e. The molecule has 0 aromatic heterocycles. The van der Waals surface area contributed by atoms with Gasteiger partial charge in [-0.15, -0.1) is 0 Å². The van der Waals surface area contributed by atoms with E-state index in [0.717, 1.165) is 12.8 Å². The highest BCUT2D eigenvalue weighted by atomic mass is 16.5. The molecule has 0 saturated heterocycles. The van der Waals surface area contributed by atoms with Gasteiger partial charge < -0.3 is 4.74 Å². The molecule has 0 amide bonds. The third-order valence-electron chi connectivity index (χ3n) is 3.18. The van der Waals surface area contributed by atoms with Crippen LogP contribution < -0.4 is 0 Å². The molecule has 0 aliphatic carbocycles. The Labute approximate surface area is 125 Å². The van der Waals surface area contributed by atoms with Gasteiger partial charge >= 0.3 is 5.97 Å². The van der Waals surface area contributed by atoms with Gasteiger partial charge in [-0.2, -0.15) is 0 Å². The Balaban J connectivity index is 3.17. The SMILES string of the molecule is CCCCC/C=C/C=C\CCCCCCCOC(C)=O. The average molecular weight is 280 g/mol. The van der Waals surface area contributed by atoms with Crippen LogP contribution in [0.5, 0.6) is 0 Å². The number of carbonyl (C=O) groups is 1. The zero-order valence-corrected chi connectivity index (χ0v) is 13.4. The fourth-order valence-electron chi connectivity index (χ4n) is 1.97. The Morgan fingerprint density at radius 2 is 1.40 bits per heavy atom. The normalized spacial score (nSPS) is 11.5. The first-order valence-electron chi connectivity index (χ1n) is 8.22. The molecular weight excluding hydrogens is 248 g/mol. The molecule has 0 aromatic carbocycles. The standard InChI is InChI=1S/C18H32O2/c1-3-4-5-6-7-8-9-10-11-12-13-14-15-16-17-20-18(2)19/h7-10H,3-6,11-17H2,1-2H3/b8-7+,10-9-. The molecule has 0 bridgehead atoms. The number of allylic oxidation sites excluding steroid dienone is 4. The second kappa shape index (κ2) is 16.0. The number of esters is 1. The molecule has 0 N–H and O–H groups in total. The Kier molecular flexibility index (Phi) is 15.2. The minimum atomic E-state index is -0.169. The van der Waals surface area contributed by atoms with Crippen molar-refractivity contribution in [1.82, 2.24) is 0 Å². The summed E-state index contributed by atoms with van der Waals surface area (Å²) in [5, 5.41) is 0. The molecule has 0 radical (unpaired) electrons. The molecule has 2 heteroatoms. The summed E-state index contributed by atoms with van der Waals surface area (Å²) in [5.74, 6) is -0.169. The Bertz CT molecular complexity index is 267. The smallest absolute Gasteiger partial charge is 0.302 e. The lowest BCUT2D eigenvalue weighted by molar-refractivity contribution is -0.141. The summed E-state index contributed by atoms with van der Waals surface area (Å²) in [6.45, 7) is 4.28. The minimum absolute atomic E-state index is 0.169. The second-order valence-corrected chi connectivity index (χ2v) is 5.25. The first-order chi connectivity index (χ1) is 9.77. The number of unbranched alkanes of at least 4 members (excludes halogenated alkanes) is 8. The van der Waals surface area contributed by atoms with Crippen molar-refractivity contribution in [1.29, 1.82) is 0 Å². The van der Waals surface area contributed by atoms with Gasteiger partial charge in [-0.05, 0) is 32.1 Å². The molecule has 0 aromatic rings. The molecule has 0 saturated carbocycles. The Hall–Kier alpha value is -1.05. The molecule has 0 aliphatic heterocycles. The van der Waals surface area contributed by atoms with Gasteiger partial charge in [-0.1, -0.05) is 63.3 Å². The van der Waals surface area contributed by atoms with E-state index in [9.17, 15) is 4.79 Å². The number of carbonyl (C=O) groups excluding carboxylic acids is 1. The van der Waals surface area contributed by atoms with Crippen molar-refractivity contribution in [3.63, 3.8) is 0 Å². The van der Waals surface area contributed by atoms with Crippen molar-refractivity contribution in [2.24, 2.45) is 0 Å².